The molecule has 0 radical (unpaired) electrons. The molecule has 0 bridgehead atoms. The van der Waals surface area contributed by atoms with E-state index in [1.807, 2.05) is 0 Å². The van der Waals surface area contributed by atoms with Crippen molar-refractivity contribution in [1.82, 2.24) is 0 Å². The Bertz CT molecular complexity index is 874. The molecule has 0 aliphatic rings. The van der Waals surface area contributed by atoms with Gasteiger partial charge in [-0.05, 0) is 18.6 Å². The Labute approximate surface area is 279 Å². The van der Waals surface area contributed by atoms with Gasteiger partial charge in [0.05, 0.1) is 33.6 Å². The van der Waals surface area contributed by atoms with Crippen molar-refractivity contribution in [1.29, 1.82) is 0 Å². The third-order valence-corrected chi connectivity index (χ3v) is 7.33. The van der Waals surface area contributed by atoms with Crippen molar-refractivity contribution in [2.24, 2.45) is 0 Å². The van der Waals surface area contributed by atoms with Gasteiger partial charge < -0.3 is 14.0 Å². The molecule has 0 spiro atoms. The average Bonchev–Trinajstić information content (AvgIpc) is 2.89. The topological polar surface area (TPSA) is 110 Å². The minimum atomic E-state index is -4.48. The van der Waals surface area contributed by atoms with Gasteiger partial charge in [-0.3, -0.25) is 0 Å². The van der Waals surface area contributed by atoms with E-state index in [1.165, 1.54) is 108 Å². The molecule has 0 amide bonds. The Morgan fingerprint density at radius 1 is 0.615 bits per heavy atom. The predicted octanol–water partition coefficient (Wildman–Crippen LogP) is 4.59. The van der Waals surface area contributed by atoms with Gasteiger partial charge >= 0.3 is 63.3 Å². The maximum absolute atomic E-state index is 12.4. The van der Waals surface area contributed by atoms with Crippen LogP contribution in [0.1, 0.15) is 143 Å². The minimum absolute atomic E-state index is 0. The normalized spacial score (nSPS) is 11.1. The van der Waals surface area contributed by atoms with Gasteiger partial charge in [0.25, 0.3) is 0 Å². The van der Waals surface area contributed by atoms with E-state index < -0.39 is 34.4 Å². The van der Waals surface area contributed by atoms with Crippen LogP contribution in [0.15, 0.2) is 24.3 Å². The van der Waals surface area contributed by atoms with Gasteiger partial charge in [-0.1, -0.05) is 128 Å². The summed E-state index contributed by atoms with van der Waals surface area (Å²) in [6.07, 6.45) is 23.2. The van der Waals surface area contributed by atoms with Crippen LogP contribution in [0, 0.1) is 0 Å². The van der Waals surface area contributed by atoms with Crippen LogP contribution >= 0.6 is 0 Å². The minimum Gasteiger partial charge on any atom is -0.748 e. The van der Waals surface area contributed by atoms with Gasteiger partial charge in [0, 0.05) is 0 Å². The first-order chi connectivity index (χ1) is 18.3. The largest absolute Gasteiger partial charge is 1.00 e. The Morgan fingerprint density at radius 3 is 1.31 bits per heavy atom. The molecular formula is C30H49KO7S. The van der Waals surface area contributed by atoms with E-state index in [1.54, 1.807) is 12.1 Å². The second kappa shape index (κ2) is 25.4. The molecule has 9 heteroatoms. The first-order valence-electron chi connectivity index (χ1n) is 14.7. The summed E-state index contributed by atoms with van der Waals surface area (Å²) < 4.78 is 42.1. The zero-order valence-electron chi connectivity index (χ0n) is 24.4. The summed E-state index contributed by atoms with van der Waals surface area (Å²) in [6.45, 7) is 1.98. The SMILES string of the molecule is CCCCCCCCCCCCCCCCCCCCOC(=O)c1ccccc1C(=O)OCCS(=O)(=O)[O-].[K+]. The number of hydrogen-bond donors (Lipinski definition) is 0. The van der Waals surface area contributed by atoms with Crippen LogP contribution in [0.2, 0.25) is 0 Å². The van der Waals surface area contributed by atoms with Crippen LogP contribution in [-0.4, -0.2) is 43.9 Å². The standard InChI is InChI=1S/C30H50O7S.K/c1-2-3-4-5-6-7-8-9-10-11-12-13-14-15-16-17-18-21-24-36-29(31)27-22-19-20-23-28(27)30(32)37-25-26-38(33,34)35;/h19-20,22-23H,2-18,21,24-26H2,1H3,(H,33,34,35);/q;+1/p-1. The molecule has 0 fully saturated rings. The molecule has 0 saturated heterocycles. The van der Waals surface area contributed by atoms with Crippen LogP contribution in [0.3, 0.4) is 0 Å². The van der Waals surface area contributed by atoms with E-state index in [-0.39, 0.29) is 69.1 Å². The molecule has 218 valence electrons. The Hall–Kier alpha value is -0.294. The summed E-state index contributed by atoms with van der Waals surface area (Å²) in [6, 6.07) is 6.03. The first kappa shape index (κ1) is 38.7. The van der Waals surface area contributed by atoms with Crippen molar-refractivity contribution in [3.8, 4) is 0 Å². The van der Waals surface area contributed by atoms with Crippen molar-refractivity contribution in [2.45, 2.75) is 122 Å². The number of esters is 2. The fraction of sp³-hybridized carbons (Fsp3) is 0.733. The zero-order chi connectivity index (χ0) is 27.9. The molecule has 0 saturated carbocycles. The van der Waals surface area contributed by atoms with Gasteiger partial charge in [0.15, 0.2) is 0 Å². The van der Waals surface area contributed by atoms with Crippen LogP contribution < -0.4 is 51.4 Å². The number of unbranched alkanes of at least 4 members (excludes halogenated alkanes) is 17. The van der Waals surface area contributed by atoms with Gasteiger partial charge in [-0.15, -0.1) is 0 Å². The van der Waals surface area contributed by atoms with Crippen molar-refractivity contribution >= 4 is 22.1 Å². The summed E-state index contributed by atoms with van der Waals surface area (Å²) in [5.41, 5.74) is 0.0449. The number of carbonyl (C=O) groups is 2. The summed E-state index contributed by atoms with van der Waals surface area (Å²) in [7, 11) is -4.48. The molecule has 1 rings (SSSR count). The number of rotatable bonds is 24. The molecule has 1 aromatic carbocycles. The van der Waals surface area contributed by atoms with E-state index in [0.717, 1.165) is 19.3 Å². The van der Waals surface area contributed by atoms with Gasteiger partial charge in [-0.25, -0.2) is 18.0 Å². The van der Waals surface area contributed by atoms with Crippen molar-refractivity contribution in [3.63, 3.8) is 0 Å². The molecule has 0 N–H and O–H groups in total. The molecule has 0 atom stereocenters. The Balaban J connectivity index is 0.0000144. The van der Waals surface area contributed by atoms with E-state index in [4.69, 9.17) is 9.47 Å². The number of hydrogen-bond acceptors (Lipinski definition) is 7. The van der Waals surface area contributed by atoms with E-state index >= 15 is 0 Å². The molecule has 0 aromatic heterocycles. The fourth-order valence-corrected chi connectivity index (χ4v) is 4.69. The predicted molar refractivity (Wildman–Crippen MR) is 150 cm³/mol. The molecule has 0 aliphatic heterocycles. The molecule has 0 unspecified atom stereocenters. The van der Waals surface area contributed by atoms with Crippen LogP contribution in [0.25, 0.3) is 0 Å². The monoisotopic (exact) mass is 592 g/mol. The third kappa shape index (κ3) is 22.0. The van der Waals surface area contributed by atoms with Crippen LogP contribution in [-0.2, 0) is 19.6 Å². The molecule has 0 aliphatic carbocycles. The first-order valence-corrected chi connectivity index (χ1v) is 16.3. The fourth-order valence-electron chi connectivity index (χ4n) is 4.40. The third-order valence-electron chi connectivity index (χ3n) is 6.66. The number of carbonyl (C=O) groups excluding carboxylic acids is 2. The van der Waals surface area contributed by atoms with Crippen molar-refractivity contribution in [2.75, 3.05) is 19.0 Å². The molecule has 7 nitrogen and oxygen atoms in total. The summed E-state index contributed by atoms with van der Waals surface area (Å²) in [4.78, 5) is 24.6. The van der Waals surface area contributed by atoms with E-state index in [2.05, 4.69) is 6.92 Å². The quantitative estimate of drug-likeness (QED) is 0.0747. The van der Waals surface area contributed by atoms with Gasteiger partial charge in [0.2, 0.25) is 0 Å². The van der Waals surface area contributed by atoms with Crippen LogP contribution in [0.5, 0.6) is 0 Å². The maximum atomic E-state index is 12.4. The zero-order valence-corrected chi connectivity index (χ0v) is 28.4. The summed E-state index contributed by atoms with van der Waals surface area (Å²) >= 11 is 0. The second-order valence-corrected chi connectivity index (χ2v) is 11.6. The van der Waals surface area contributed by atoms with E-state index in [9.17, 15) is 22.6 Å². The Morgan fingerprint density at radius 2 is 0.949 bits per heavy atom. The van der Waals surface area contributed by atoms with Crippen molar-refractivity contribution < 1.29 is 83.4 Å². The van der Waals surface area contributed by atoms with Gasteiger partial charge in [0.1, 0.15) is 6.61 Å². The van der Waals surface area contributed by atoms with E-state index in [0.29, 0.717) is 0 Å². The number of ether oxygens (including phenoxy) is 2. The summed E-state index contributed by atoms with van der Waals surface area (Å²) in [5, 5.41) is 0. The van der Waals surface area contributed by atoms with Crippen LogP contribution in [0.4, 0.5) is 0 Å². The average molecular weight is 593 g/mol. The number of benzene rings is 1. The smallest absolute Gasteiger partial charge is 0.748 e. The van der Waals surface area contributed by atoms with Gasteiger partial charge in [-0.2, -0.15) is 0 Å². The molecule has 1 aromatic rings. The van der Waals surface area contributed by atoms with Crippen molar-refractivity contribution in [3.05, 3.63) is 35.4 Å². The molecule has 39 heavy (non-hydrogen) atoms. The summed E-state index contributed by atoms with van der Waals surface area (Å²) in [5.74, 6) is -2.31. The Kier molecular flexibility index (Phi) is 25.2. The molecular weight excluding hydrogens is 543 g/mol. The molecule has 0 heterocycles. The second-order valence-electron chi connectivity index (χ2n) is 10.1. The maximum Gasteiger partial charge on any atom is 1.00 e.